The van der Waals surface area contributed by atoms with E-state index in [1.54, 1.807) is 12.1 Å². The number of halogens is 1. The maximum atomic E-state index is 14.0. The molecule has 2 aromatic carbocycles. The Kier molecular flexibility index (Phi) is 4.17. The third-order valence-corrected chi connectivity index (χ3v) is 4.90. The first-order valence-electron chi connectivity index (χ1n) is 8.73. The van der Waals surface area contributed by atoms with Crippen molar-refractivity contribution in [1.29, 1.82) is 5.26 Å². The van der Waals surface area contributed by atoms with Crippen LogP contribution in [-0.4, -0.2) is 15.5 Å². The van der Waals surface area contributed by atoms with Crippen LogP contribution in [-0.2, 0) is 0 Å². The summed E-state index contributed by atoms with van der Waals surface area (Å²) in [4.78, 5) is 29.3. The molecule has 7 nitrogen and oxygen atoms in total. The number of hydrogen-bond acceptors (Lipinski definition) is 5. The number of amides is 1. The Morgan fingerprint density at radius 2 is 2.07 bits per heavy atom. The molecule has 1 amide bonds. The highest BCUT2D eigenvalue weighted by atomic mass is 19.1. The van der Waals surface area contributed by atoms with Crippen molar-refractivity contribution in [2.75, 3.05) is 0 Å². The number of nitrogens with zero attached hydrogens (tertiary/aromatic N) is 3. The van der Waals surface area contributed by atoms with Crippen molar-refractivity contribution in [3.05, 3.63) is 69.5 Å². The normalized spacial score (nSPS) is 14.6. The highest BCUT2D eigenvalue weighted by Gasteiger charge is 2.33. The molecule has 4 rings (SSSR count). The molecule has 1 aliphatic carbocycles. The van der Waals surface area contributed by atoms with E-state index in [4.69, 9.17) is 11.5 Å². The van der Waals surface area contributed by atoms with Crippen molar-refractivity contribution in [3.63, 3.8) is 0 Å². The second-order valence-corrected chi connectivity index (χ2v) is 6.85. The number of rotatable bonds is 4. The van der Waals surface area contributed by atoms with Gasteiger partial charge in [-0.15, -0.1) is 0 Å². The summed E-state index contributed by atoms with van der Waals surface area (Å²) in [5.74, 6) is -0.917. The predicted octanol–water partition coefficient (Wildman–Crippen LogP) is 1.91. The third kappa shape index (κ3) is 2.92. The Labute approximate surface area is 159 Å². The molecule has 28 heavy (non-hydrogen) atoms. The molecule has 3 aromatic rings. The van der Waals surface area contributed by atoms with Crippen molar-refractivity contribution in [1.82, 2.24) is 9.55 Å². The Bertz CT molecular complexity index is 1220. The van der Waals surface area contributed by atoms with Gasteiger partial charge in [-0.25, -0.2) is 9.37 Å². The molecule has 0 saturated heterocycles. The zero-order valence-electron chi connectivity index (χ0n) is 14.7. The zero-order chi connectivity index (χ0) is 20.0. The van der Waals surface area contributed by atoms with Gasteiger partial charge in [0.05, 0.1) is 28.2 Å². The lowest BCUT2D eigenvalue weighted by molar-refractivity contribution is 0.1000. The molecule has 1 fully saturated rings. The van der Waals surface area contributed by atoms with Crippen LogP contribution in [0.25, 0.3) is 16.6 Å². The highest BCUT2D eigenvalue weighted by molar-refractivity contribution is 5.93. The van der Waals surface area contributed by atoms with Gasteiger partial charge in [-0.05, 0) is 49.1 Å². The molecule has 0 bridgehead atoms. The molecule has 1 heterocycles. The number of aromatic nitrogens is 2. The molecule has 8 heteroatoms. The lowest BCUT2D eigenvalue weighted by atomic mass is 10.1. The van der Waals surface area contributed by atoms with Gasteiger partial charge in [-0.1, -0.05) is 6.07 Å². The SMILES string of the molecule is N#Cc1cc(F)cc2c(=O)n(-c3cccc(C(N)=O)c3)c(C(N)C3CC3)nc12. The van der Waals surface area contributed by atoms with Crippen molar-refractivity contribution in [2.45, 2.75) is 18.9 Å². The van der Waals surface area contributed by atoms with Gasteiger partial charge in [0.2, 0.25) is 5.91 Å². The lowest BCUT2D eigenvalue weighted by Crippen LogP contribution is -2.30. The summed E-state index contributed by atoms with van der Waals surface area (Å²) in [6.07, 6.45) is 1.82. The minimum Gasteiger partial charge on any atom is -0.366 e. The average Bonchev–Trinajstić information content (AvgIpc) is 3.52. The van der Waals surface area contributed by atoms with Gasteiger partial charge in [-0.3, -0.25) is 14.2 Å². The van der Waals surface area contributed by atoms with E-state index in [2.05, 4.69) is 4.98 Å². The Hall–Kier alpha value is -3.57. The van der Waals surface area contributed by atoms with Crippen molar-refractivity contribution >= 4 is 16.8 Å². The lowest BCUT2D eigenvalue weighted by Gasteiger charge is -2.19. The second-order valence-electron chi connectivity index (χ2n) is 6.85. The summed E-state index contributed by atoms with van der Waals surface area (Å²) in [6, 6.07) is 9.63. The van der Waals surface area contributed by atoms with Crippen molar-refractivity contribution < 1.29 is 9.18 Å². The number of nitrogens with two attached hydrogens (primary N) is 2. The number of carbonyl (C=O) groups is 1. The summed E-state index contributed by atoms with van der Waals surface area (Å²) < 4.78 is 15.2. The molecular formula is C20H16FN5O2. The first-order chi connectivity index (χ1) is 13.4. The van der Waals surface area contributed by atoms with Crippen molar-refractivity contribution in [3.8, 4) is 11.8 Å². The Morgan fingerprint density at radius 3 is 2.71 bits per heavy atom. The Morgan fingerprint density at radius 1 is 1.32 bits per heavy atom. The van der Waals surface area contributed by atoms with Gasteiger partial charge < -0.3 is 11.5 Å². The summed E-state index contributed by atoms with van der Waals surface area (Å²) >= 11 is 0. The summed E-state index contributed by atoms with van der Waals surface area (Å²) in [7, 11) is 0. The fourth-order valence-electron chi connectivity index (χ4n) is 3.29. The summed E-state index contributed by atoms with van der Waals surface area (Å²) in [5.41, 5.74) is 11.8. The van der Waals surface area contributed by atoms with Gasteiger partial charge in [0.25, 0.3) is 5.56 Å². The number of carbonyl (C=O) groups excluding carboxylic acids is 1. The summed E-state index contributed by atoms with van der Waals surface area (Å²) in [6.45, 7) is 0. The van der Waals surface area contributed by atoms with Crippen LogP contribution in [0.4, 0.5) is 4.39 Å². The fourth-order valence-corrected chi connectivity index (χ4v) is 3.29. The van der Waals surface area contributed by atoms with Crippen LogP contribution in [0.5, 0.6) is 0 Å². The topological polar surface area (TPSA) is 128 Å². The minimum absolute atomic E-state index is 0.0330. The highest BCUT2D eigenvalue weighted by Crippen LogP contribution is 2.39. The molecule has 1 unspecified atom stereocenters. The number of fused-ring (bicyclic) bond motifs is 1. The average molecular weight is 377 g/mol. The maximum absolute atomic E-state index is 14.0. The molecule has 1 atom stereocenters. The van der Waals surface area contributed by atoms with E-state index in [0.717, 1.165) is 25.0 Å². The predicted molar refractivity (Wildman–Crippen MR) is 100 cm³/mol. The van der Waals surface area contributed by atoms with Crippen LogP contribution < -0.4 is 17.0 Å². The molecule has 0 radical (unpaired) electrons. The maximum Gasteiger partial charge on any atom is 0.266 e. The van der Waals surface area contributed by atoms with E-state index in [0.29, 0.717) is 5.69 Å². The van der Waals surface area contributed by atoms with E-state index in [9.17, 15) is 19.2 Å². The molecule has 140 valence electrons. The fraction of sp³-hybridized carbons (Fsp3) is 0.200. The van der Waals surface area contributed by atoms with Gasteiger partial charge >= 0.3 is 0 Å². The van der Waals surface area contributed by atoms with E-state index < -0.39 is 23.3 Å². The Balaban J connectivity index is 2.09. The monoisotopic (exact) mass is 377 g/mol. The second kappa shape index (κ2) is 6.55. The standard InChI is InChI=1S/C20H16FN5O2/c21-13-6-12(9-22)17-15(8-13)20(28)26(19(25-17)16(23)10-4-5-10)14-3-1-2-11(7-14)18(24)27/h1-3,6-8,10,16H,4-5,23H2,(H2,24,27). The van der Waals surface area contributed by atoms with Crippen LogP contribution in [0.1, 0.15) is 40.6 Å². The molecule has 1 saturated carbocycles. The van der Waals surface area contributed by atoms with E-state index in [1.807, 2.05) is 6.07 Å². The molecule has 4 N–H and O–H groups in total. The van der Waals surface area contributed by atoms with Crippen LogP contribution >= 0.6 is 0 Å². The molecule has 0 spiro atoms. The molecule has 1 aliphatic rings. The van der Waals surface area contributed by atoms with Crippen LogP contribution in [0.15, 0.2) is 41.2 Å². The van der Waals surface area contributed by atoms with Crippen molar-refractivity contribution in [2.24, 2.45) is 17.4 Å². The van der Waals surface area contributed by atoms with E-state index in [-0.39, 0.29) is 33.8 Å². The van der Waals surface area contributed by atoms with Gasteiger partial charge in [0, 0.05) is 5.56 Å². The number of primary amides is 1. The first-order valence-corrected chi connectivity index (χ1v) is 8.73. The van der Waals surface area contributed by atoms with Gasteiger partial charge in [0.15, 0.2) is 0 Å². The summed E-state index contributed by atoms with van der Waals surface area (Å²) in [5, 5.41) is 9.30. The largest absolute Gasteiger partial charge is 0.366 e. The van der Waals surface area contributed by atoms with Gasteiger partial charge in [-0.2, -0.15) is 5.26 Å². The van der Waals surface area contributed by atoms with Gasteiger partial charge in [0.1, 0.15) is 17.7 Å². The molecular weight excluding hydrogens is 361 g/mol. The van der Waals surface area contributed by atoms with Crippen LogP contribution in [0, 0.1) is 23.1 Å². The number of hydrogen-bond donors (Lipinski definition) is 2. The van der Waals surface area contributed by atoms with Crippen LogP contribution in [0.3, 0.4) is 0 Å². The van der Waals surface area contributed by atoms with E-state index in [1.165, 1.54) is 16.7 Å². The zero-order valence-corrected chi connectivity index (χ0v) is 14.7. The molecule has 0 aliphatic heterocycles. The number of nitriles is 1. The number of benzene rings is 2. The third-order valence-electron chi connectivity index (χ3n) is 4.90. The molecule has 1 aromatic heterocycles. The minimum atomic E-state index is -0.709. The van der Waals surface area contributed by atoms with Crippen LogP contribution in [0.2, 0.25) is 0 Å². The smallest absolute Gasteiger partial charge is 0.266 e. The van der Waals surface area contributed by atoms with E-state index >= 15 is 0 Å². The quantitative estimate of drug-likeness (QED) is 0.718. The first kappa shape index (κ1) is 17.8.